The van der Waals surface area contributed by atoms with E-state index < -0.39 is 0 Å². The van der Waals surface area contributed by atoms with Gasteiger partial charge >= 0.3 is 0 Å². The standard InChI is InChI=1S/C14H20ClN5O2/c1-4-6-20-14(17-18-19-20)16-9-10-7-11(15)13(22-5-2)12(8-10)21-3/h7-8H,4-6,9H2,1-3H3,(H,16,17,19). The first kappa shape index (κ1) is 16.4. The van der Waals surface area contributed by atoms with Crippen LogP contribution < -0.4 is 14.8 Å². The first-order valence-electron chi connectivity index (χ1n) is 7.18. The molecule has 1 N–H and O–H groups in total. The van der Waals surface area contributed by atoms with Gasteiger partial charge in [0.25, 0.3) is 0 Å². The second-order valence-corrected chi connectivity index (χ2v) is 5.03. The van der Waals surface area contributed by atoms with Crippen molar-refractivity contribution in [2.45, 2.75) is 33.4 Å². The molecule has 0 bridgehead atoms. The summed E-state index contributed by atoms with van der Waals surface area (Å²) in [5, 5.41) is 15.3. The van der Waals surface area contributed by atoms with Crippen molar-refractivity contribution >= 4 is 17.5 Å². The molecule has 1 aromatic heterocycles. The molecular weight excluding hydrogens is 306 g/mol. The maximum atomic E-state index is 6.26. The number of aromatic nitrogens is 4. The molecule has 1 heterocycles. The number of aryl methyl sites for hydroxylation is 1. The van der Waals surface area contributed by atoms with Gasteiger partial charge in [0.2, 0.25) is 5.95 Å². The van der Waals surface area contributed by atoms with E-state index >= 15 is 0 Å². The van der Waals surface area contributed by atoms with Crippen LogP contribution in [0, 0.1) is 0 Å². The quantitative estimate of drug-likeness (QED) is 0.804. The van der Waals surface area contributed by atoms with Crippen LogP contribution in [-0.4, -0.2) is 33.9 Å². The molecule has 0 spiro atoms. The van der Waals surface area contributed by atoms with Crippen LogP contribution in [0.3, 0.4) is 0 Å². The normalized spacial score (nSPS) is 10.5. The van der Waals surface area contributed by atoms with Crippen LogP contribution >= 0.6 is 11.6 Å². The van der Waals surface area contributed by atoms with Crippen molar-refractivity contribution in [2.75, 3.05) is 19.0 Å². The average Bonchev–Trinajstić information content (AvgIpc) is 2.95. The van der Waals surface area contributed by atoms with Gasteiger partial charge in [0, 0.05) is 13.1 Å². The molecule has 1 aromatic carbocycles. The summed E-state index contributed by atoms with van der Waals surface area (Å²) in [7, 11) is 1.59. The minimum absolute atomic E-state index is 0.520. The Kier molecular flexibility index (Phi) is 5.83. The third-order valence-corrected chi connectivity index (χ3v) is 3.28. The molecule has 0 saturated carbocycles. The van der Waals surface area contributed by atoms with E-state index in [2.05, 4.69) is 27.8 Å². The molecule has 0 aliphatic carbocycles. The lowest BCUT2D eigenvalue weighted by Crippen LogP contribution is -2.09. The van der Waals surface area contributed by atoms with Gasteiger partial charge in [0.15, 0.2) is 11.5 Å². The fraction of sp³-hybridized carbons (Fsp3) is 0.500. The summed E-state index contributed by atoms with van der Waals surface area (Å²) in [6, 6.07) is 3.73. The van der Waals surface area contributed by atoms with E-state index in [4.69, 9.17) is 21.1 Å². The maximum Gasteiger partial charge on any atom is 0.243 e. The molecule has 0 saturated heterocycles. The third kappa shape index (κ3) is 3.79. The van der Waals surface area contributed by atoms with Gasteiger partial charge in [-0.05, 0) is 41.5 Å². The Labute approximate surface area is 134 Å². The monoisotopic (exact) mass is 325 g/mol. The number of nitrogens with one attached hydrogen (secondary N) is 1. The van der Waals surface area contributed by atoms with Crippen LogP contribution in [0.2, 0.25) is 5.02 Å². The summed E-state index contributed by atoms with van der Waals surface area (Å²) in [5.74, 6) is 1.80. The first-order chi connectivity index (χ1) is 10.7. The first-order valence-corrected chi connectivity index (χ1v) is 7.56. The van der Waals surface area contributed by atoms with E-state index in [9.17, 15) is 0 Å². The van der Waals surface area contributed by atoms with Gasteiger partial charge in [-0.2, -0.15) is 0 Å². The van der Waals surface area contributed by atoms with Crippen LogP contribution in [0.4, 0.5) is 5.95 Å². The molecule has 0 amide bonds. The molecule has 120 valence electrons. The second-order valence-electron chi connectivity index (χ2n) is 4.62. The number of rotatable bonds is 8. The van der Waals surface area contributed by atoms with Crippen LogP contribution in [-0.2, 0) is 13.1 Å². The predicted octanol–water partition coefficient (Wildman–Crippen LogP) is 2.76. The van der Waals surface area contributed by atoms with Crippen molar-refractivity contribution < 1.29 is 9.47 Å². The van der Waals surface area contributed by atoms with Crippen LogP contribution in [0.25, 0.3) is 0 Å². The van der Waals surface area contributed by atoms with Gasteiger partial charge in [-0.25, -0.2) is 4.68 Å². The second kappa shape index (κ2) is 7.84. The number of benzene rings is 1. The summed E-state index contributed by atoms with van der Waals surface area (Å²) in [6.45, 7) is 5.80. The zero-order chi connectivity index (χ0) is 15.9. The fourth-order valence-electron chi connectivity index (χ4n) is 2.03. The lowest BCUT2D eigenvalue weighted by Gasteiger charge is -2.13. The molecule has 0 atom stereocenters. The van der Waals surface area contributed by atoms with Crippen molar-refractivity contribution in [1.82, 2.24) is 20.2 Å². The summed E-state index contributed by atoms with van der Waals surface area (Å²) >= 11 is 6.26. The SMILES string of the molecule is CCCn1nnnc1NCc1cc(Cl)c(OCC)c(OC)c1. The maximum absolute atomic E-state index is 6.26. The van der Waals surface area contributed by atoms with Crippen LogP contribution in [0.5, 0.6) is 11.5 Å². The Balaban J connectivity index is 2.12. The van der Waals surface area contributed by atoms with Crippen molar-refractivity contribution in [3.05, 3.63) is 22.7 Å². The largest absolute Gasteiger partial charge is 0.493 e. The molecule has 22 heavy (non-hydrogen) atoms. The number of tetrazole rings is 1. The van der Waals surface area contributed by atoms with E-state index in [1.54, 1.807) is 11.8 Å². The van der Waals surface area contributed by atoms with E-state index in [0.717, 1.165) is 18.5 Å². The Morgan fingerprint density at radius 1 is 1.32 bits per heavy atom. The molecule has 8 heteroatoms. The van der Waals surface area contributed by atoms with Gasteiger partial charge < -0.3 is 14.8 Å². The number of nitrogens with zero attached hydrogens (tertiary/aromatic N) is 4. The molecule has 2 aromatic rings. The molecule has 2 rings (SSSR count). The fourth-order valence-corrected chi connectivity index (χ4v) is 2.32. The van der Waals surface area contributed by atoms with Gasteiger partial charge in [0.05, 0.1) is 18.7 Å². The Bertz CT molecular complexity index is 617. The molecule has 0 radical (unpaired) electrons. The highest BCUT2D eigenvalue weighted by molar-refractivity contribution is 6.32. The number of anilines is 1. The highest BCUT2D eigenvalue weighted by Gasteiger charge is 2.12. The number of hydrogen-bond donors (Lipinski definition) is 1. The van der Waals surface area contributed by atoms with Crippen LogP contribution in [0.15, 0.2) is 12.1 Å². The molecule has 0 aliphatic rings. The van der Waals surface area contributed by atoms with Gasteiger partial charge in [0.1, 0.15) is 0 Å². The van der Waals surface area contributed by atoms with Crippen LogP contribution in [0.1, 0.15) is 25.8 Å². The molecular formula is C14H20ClN5O2. The topological polar surface area (TPSA) is 74.1 Å². The zero-order valence-corrected chi connectivity index (χ0v) is 13.7. The number of halogens is 1. The average molecular weight is 326 g/mol. The Morgan fingerprint density at radius 3 is 2.82 bits per heavy atom. The zero-order valence-electron chi connectivity index (χ0n) is 13.0. The lowest BCUT2D eigenvalue weighted by atomic mass is 10.2. The lowest BCUT2D eigenvalue weighted by molar-refractivity contribution is 0.311. The number of ether oxygens (including phenoxy) is 2. The Morgan fingerprint density at radius 2 is 2.14 bits per heavy atom. The molecule has 7 nitrogen and oxygen atoms in total. The van der Waals surface area contributed by atoms with E-state index in [0.29, 0.717) is 35.6 Å². The van der Waals surface area contributed by atoms with E-state index in [1.807, 2.05) is 19.1 Å². The molecule has 0 unspecified atom stereocenters. The summed E-state index contributed by atoms with van der Waals surface area (Å²) in [5.41, 5.74) is 0.955. The van der Waals surface area contributed by atoms with Crippen molar-refractivity contribution in [2.24, 2.45) is 0 Å². The smallest absolute Gasteiger partial charge is 0.243 e. The van der Waals surface area contributed by atoms with Crippen molar-refractivity contribution in [1.29, 1.82) is 0 Å². The highest BCUT2D eigenvalue weighted by atomic mass is 35.5. The van der Waals surface area contributed by atoms with Crippen molar-refractivity contribution in [3.8, 4) is 11.5 Å². The van der Waals surface area contributed by atoms with Gasteiger partial charge in [-0.1, -0.05) is 23.6 Å². The van der Waals surface area contributed by atoms with E-state index in [1.165, 1.54) is 0 Å². The number of hydrogen-bond acceptors (Lipinski definition) is 6. The summed E-state index contributed by atoms with van der Waals surface area (Å²) in [6.07, 6.45) is 0.961. The van der Waals surface area contributed by atoms with Gasteiger partial charge in [-0.3, -0.25) is 0 Å². The third-order valence-electron chi connectivity index (χ3n) is 3.00. The predicted molar refractivity (Wildman–Crippen MR) is 84.6 cm³/mol. The van der Waals surface area contributed by atoms with Gasteiger partial charge in [-0.15, -0.1) is 0 Å². The minimum atomic E-state index is 0.520. The highest BCUT2D eigenvalue weighted by Crippen LogP contribution is 2.36. The minimum Gasteiger partial charge on any atom is -0.493 e. The molecule has 0 aliphatic heterocycles. The Hall–Kier alpha value is -2.02. The van der Waals surface area contributed by atoms with E-state index in [-0.39, 0.29) is 0 Å². The summed E-state index contributed by atoms with van der Waals surface area (Å²) < 4.78 is 12.6. The number of methoxy groups -OCH3 is 1. The molecule has 0 fully saturated rings. The summed E-state index contributed by atoms with van der Waals surface area (Å²) in [4.78, 5) is 0. The van der Waals surface area contributed by atoms with Crippen molar-refractivity contribution in [3.63, 3.8) is 0 Å².